The standard InChI is InChI=1S/C17H25NO2/c1-11-10-17(3,4)9-8-14(11)18-15-7-5-6-13(12(15)2)16(19)20/h5-7,11,14,18H,8-10H2,1-4H3,(H,19,20). The minimum absolute atomic E-state index is 0.388. The quantitative estimate of drug-likeness (QED) is 0.863. The smallest absolute Gasteiger partial charge is 0.336 e. The van der Waals surface area contributed by atoms with Crippen LogP contribution < -0.4 is 5.32 Å². The topological polar surface area (TPSA) is 49.3 Å². The summed E-state index contributed by atoms with van der Waals surface area (Å²) in [6.45, 7) is 8.82. The number of anilines is 1. The number of carboxylic acid groups (broad SMARTS) is 1. The van der Waals surface area contributed by atoms with Gasteiger partial charge in [-0.1, -0.05) is 26.8 Å². The lowest BCUT2D eigenvalue weighted by molar-refractivity contribution is 0.0696. The highest BCUT2D eigenvalue weighted by molar-refractivity contribution is 5.91. The lowest BCUT2D eigenvalue weighted by Crippen LogP contribution is -2.37. The van der Waals surface area contributed by atoms with Crippen molar-refractivity contribution in [3.8, 4) is 0 Å². The average Bonchev–Trinajstić information content (AvgIpc) is 2.34. The number of carboxylic acids is 1. The second kappa shape index (κ2) is 5.47. The van der Waals surface area contributed by atoms with Gasteiger partial charge in [-0.3, -0.25) is 0 Å². The molecule has 110 valence electrons. The van der Waals surface area contributed by atoms with E-state index in [1.54, 1.807) is 6.07 Å². The summed E-state index contributed by atoms with van der Waals surface area (Å²) >= 11 is 0. The van der Waals surface area contributed by atoms with E-state index in [1.807, 2.05) is 19.1 Å². The number of carbonyl (C=O) groups is 1. The zero-order chi connectivity index (χ0) is 14.9. The number of nitrogens with one attached hydrogen (secondary N) is 1. The summed E-state index contributed by atoms with van der Waals surface area (Å²) in [6.07, 6.45) is 3.57. The highest BCUT2D eigenvalue weighted by atomic mass is 16.4. The van der Waals surface area contributed by atoms with Gasteiger partial charge in [0.1, 0.15) is 0 Å². The molecule has 0 bridgehead atoms. The van der Waals surface area contributed by atoms with Crippen LogP contribution in [0.2, 0.25) is 0 Å². The predicted molar refractivity (Wildman–Crippen MR) is 82.3 cm³/mol. The van der Waals surface area contributed by atoms with Crippen LogP contribution in [0.3, 0.4) is 0 Å². The minimum atomic E-state index is -0.857. The molecule has 0 aromatic heterocycles. The zero-order valence-electron chi connectivity index (χ0n) is 12.9. The molecule has 2 rings (SSSR count). The minimum Gasteiger partial charge on any atom is -0.478 e. The maximum Gasteiger partial charge on any atom is 0.336 e. The van der Waals surface area contributed by atoms with Gasteiger partial charge in [0.15, 0.2) is 0 Å². The van der Waals surface area contributed by atoms with Gasteiger partial charge >= 0.3 is 5.97 Å². The molecule has 20 heavy (non-hydrogen) atoms. The molecule has 0 saturated heterocycles. The first kappa shape index (κ1) is 14.9. The second-order valence-electron chi connectivity index (χ2n) is 6.92. The maximum absolute atomic E-state index is 11.2. The van der Waals surface area contributed by atoms with Gasteiger partial charge < -0.3 is 10.4 Å². The van der Waals surface area contributed by atoms with Gasteiger partial charge in [-0.05, 0) is 55.2 Å². The fraction of sp³-hybridized carbons (Fsp3) is 0.588. The molecular weight excluding hydrogens is 250 g/mol. The van der Waals surface area contributed by atoms with Gasteiger partial charge in [0.25, 0.3) is 0 Å². The molecule has 3 nitrogen and oxygen atoms in total. The third kappa shape index (κ3) is 3.14. The van der Waals surface area contributed by atoms with Crippen molar-refractivity contribution in [3.63, 3.8) is 0 Å². The van der Waals surface area contributed by atoms with E-state index in [2.05, 4.69) is 26.1 Å². The Kier molecular flexibility index (Phi) is 4.07. The third-order valence-corrected chi connectivity index (χ3v) is 4.60. The first-order valence-corrected chi connectivity index (χ1v) is 7.39. The normalized spacial score (nSPS) is 25.2. The fourth-order valence-corrected chi connectivity index (χ4v) is 3.38. The molecular formula is C17H25NO2. The first-order chi connectivity index (χ1) is 9.30. The number of benzene rings is 1. The molecule has 0 aliphatic heterocycles. The van der Waals surface area contributed by atoms with Crippen LogP contribution in [0, 0.1) is 18.3 Å². The van der Waals surface area contributed by atoms with Gasteiger partial charge in [-0.15, -0.1) is 0 Å². The Morgan fingerprint density at radius 3 is 2.70 bits per heavy atom. The van der Waals surface area contributed by atoms with Gasteiger partial charge in [-0.2, -0.15) is 0 Å². The van der Waals surface area contributed by atoms with Crippen LogP contribution >= 0.6 is 0 Å². The van der Waals surface area contributed by atoms with Crippen molar-refractivity contribution in [3.05, 3.63) is 29.3 Å². The lowest BCUT2D eigenvalue weighted by Gasteiger charge is -2.40. The van der Waals surface area contributed by atoms with Gasteiger partial charge in [-0.25, -0.2) is 4.79 Å². The van der Waals surface area contributed by atoms with Crippen LogP contribution in [0.5, 0.6) is 0 Å². The van der Waals surface area contributed by atoms with E-state index >= 15 is 0 Å². The molecule has 3 heteroatoms. The van der Waals surface area contributed by atoms with Gasteiger partial charge in [0.05, 0.1) is 5.56 Å². The highest BCUT2D eigenvalue weighted by Gasteiger charge is 2.32. The number of aromatic carboxylic acids is 1. The first-order valence-electron chi connectivity index (χ1n) is 7.39. The Morgan fingerprint density at radius 1 is 1.40 bits per heavy atom. The van der Waals surface area contributed by atoms with Crippen molar-refractivity contribution in [2.24, 2.45) is 11.3 Å². The van der Waals surface area contributed by atoms with E-state index < -0.39 is 5.97 Å². The van der Waals surface area contributed by atoms with E-state index in [1.165, 1.54) is 12.8 Å². The van der Waals surface area contributed by atoms with E-state index in [0.717, 1.165) is 17.7 Å². The summed E-state index contributed by atoms with van der Waals surface area (Å²) in [5, 5.41) is 12.8. The van der Waals surface area contributed by atoms with Crippen LogP contribution in [-0.2, 0) is 0 Å². The van der Waals surface area contributed by atoms with E-state index in [4.69, 9.17) is 0 Å². The highest BCUT2D eigenvalue weighted by Crippen LogP contribution is 2.39. The summed E-state index contributed by atoms with van der Waals surface area (Å²) in [5.41, 5.74) is 2.60. The summed E-state index contributed by atoms with van der Waals surface area (Å²) < 4.78 is 0. The molecule has 1 fully saturated rings. The third-order valence-electron chi connectivity index (χ3n) is 4.60. The number of hydrogen-bond donors (Lipinski definition) is 2. The van der Waals surface area contributed by atoms with Gasteiger partial charge in [0.2, 0.25) is 0 Å². The van der Waals surface area contributed by atoms with Gasteiger partial charge in [0, 0.05) is 11.7 Å². The van der Waals surface area contributed by atoms with Crippen molar-refractivity contribution < 1.29 is 9.90 Å². The average molecular weight is 275 g/mol. The molecule has 0 heterocycles. The molecule has 1 aliphatic rings. The van der Waals surface area contributed by atoms with Crippen molar-refractivity contribution in [2.45, 2.75) is 53.0 Å². The Hall–Kier alpha value is -1.51. The largest absolute Gasteiger partial charge is 0.478 e. The Labute approximate surface area is 121 Å². The van der Waals surface area contributed by atoms with E-state index in [0.29, 0.717) is 22.9 Å². The van der Waals surface area contributed by atoms with Crippen LogP contribution in [0.4, 0.5) is 5.69 Å². The summed E-state index contributed by atoms with van der Waals surface area (Å²) in [7, 11) is 0. The van der Waals surface area contributed by atoms with Crippen LogP contribution in [0.25, 0.3) is 0 Å². The van der Waals surface area contributed by atoms with Crippen molar-refractivity contribution >= 4 is 11.7 Å². The van der Waals surface area contributed by atoms with E-state index in [-0.39, 0.29) is 0 Å². The Morgan fingerprint density at radius 2 is 2.10 bits per heavy atom. The van der Waals surface area contributed by atoms with Crippen molar-refractivity contribution in [1.82, 2.24) is 0 Å². The molecule has 2 unspecified atom stereocenters. The molecule has 0 radical (unpaired) electrons. The Balaban J connectivity index is 2.15. The van der Waals surface area contributed by atoms with Crippen molar-refractivity contribution in [2.75, 3.05) is 5.32 Å². The van der Waals surface area contributed by atoms with Crippen LogP contribution in [0.1, 0.15) is 56.0 Å². The molecule has 1 aromatic carbocycles. The Bertz CT molecular complexity index is 508. The molecule has 2 N–H and O–H groups in total. The molecule has 1 saturated carbocycles. The SMILES string of the molecule is Cc1c(NC2CCC(C)(C)CC2C)cccc1C(=O)O. The molecule has 0 amide bonds. The monoisotopic (exact) mass is 275 g/mol. The second-order valence-corrected chi connectivity index (χ2v) is 6.92. The number of hydrogen-bond acceptors (Lipinski definition) is 2. The fourth-order valence-electron chi connectivity index (χ4n) is 3.38. The summed E-state index contributed by atoms with van der Waals surface area (Å²) in [6, 6.07) is 5.89. The molecule has 1 aliphatic carbocycles. The van der Waals surface area contributed by atoms with Crippen molar-refractivity contribution in [1.29, 1.82) is 0 Å². The van der Waals surface area contributed by atoms with Crippen LogP contribution in [0.15, 0.2) is 18.2 Å². The molecule has 0 spiro atoms. The maximum atomic E-state index is 11.2. The summed E-state index contributed by atoms with van der Waals surface area (Å²) in [5.74, 6) is -0.254. The number of rotatable bonds is 3. The molecule has 1 aromatic rings. The summed E-state index contributed by atoms with van der Waals surface area (Å²) in [4.78, 5) is 11.2. The van der Waals surface area contributed by atoms with Crippen LogP contribution in [-0.4, -0.2) is 17.1 Å². The lowest BCUT2D eigenvalue weighted by atomic mass is 9.70. The van der Waals surface area contributed by atoms with E-state index in [9.17, 15) is 9.90 Å². The zero-order valence-corrected chi connectivity index (χ0v) is 12.9. The molecule has 2 atom stereocenters. The predicted octanol–water partition coefficient (Wildman–Crippen LogP) is 4.32.